The standard InChI is InChI=1S/C17H19NO4/c1-16-9-20-17(21-10-16,22-11-16)15(19)8-12-3-4-14-13(7-12)5-6-18(14)2/h3-7H,8-11H2,1-2H3. The normalized spacial score (nSPS) is 30.8. The molecule has 2 aromatic rings. The van der Waals surface area contributed by atoms with Crippen molar-refractivity contribution in [3.05, 3.63) is 36.0 Å². The molecular formula is C17H19NO4. The second-order valence-corrected chi connectivity index (χ2v) is 6.65. The van der Waals surface area contributed by atoms with Gasteiger partial charge in [0.25, 0.3) is 0 Å². The van der Waals surface area contributed by atoms with Crippen LogP contribution in [0.5, 0.6) is 0 Å². The number of aromatic nitrogens is 1. The molecule has 1 aromatic heterocycles. The van der Waals surface area contributed by atoms with Gasteiger partial charge in [0.1, 0.15) is 0 Å². The summed E-state index contributed by atoms with van der Waals surface area (Å²) in [7, 11) is 2.00. The number of rotatable bonds is 3. The molecule has 5 rings (SSSR count). The fraction of sp³-hybridized carbons (Fsp3) is 0.471. The van der Waals surface area contributed by atoms with Gasteiger partial charge in [-0.3, -0.25) is 4.79 Å². The van der Waals surface area contributed by atoms with Crippen LogP contribution < -0.4 is 0 Å². The van der Waals surface area contributed by atoms with E-state index in [9.17, 15) is 4.79 Å². The minimum atomic E-state index is -1.50. The Balaban J connectivity index is 1.56. The van der Waals surface area contributed by atoms with E-state index in [4.69, 9.17) is 14.2 Å². The monoisotopic (exact) mass is 301 g/mol. The predicted octanol–water partition coefficient (Wildman–Crippen LogP) is 2.03. The summed E-state index contributed by atoms with van der Waals surface area (Å²) >= 11 is 0. The van der Waals surface area contributed by atoms with Gasteiger partial charge >= 0.3 is 5.97 Å². The maximum Gasteiger partial charge on any atom is 0.347 e. The van der Waals surface area contributed by atoms with Gasteiger partial charge in [-0.25, -0.2) is 0 Å². The number of carbonyl (C=O) groups is 1. The first kappa shape index (κ1) is 13.9. The maximum absolute atomic E-state index is 12.6. The molecule has 0 N–H and O–H groups in total. The molecule has 0 saturated carbocycles. The Kier molecular flexibility index (Phi) is 2.95. The van der Waals surface area contributed by atoms with E-state index in [1.807, 2.05) is 44.4 Å². The van der Waals surface area contributed by atoms with Crippen LogP contribution in [-0.4, -0.2) is 36.1 Å². The van der Waals surface area contributed by atoms with Crippen molar-refractivity contribution >= 4 is 16.7 Å². The van der Waals surface area contributed by atoms with Crippen LogP contribution >= 0.6 is 0 Å². The zero-order chi connectivity index (χ0) is 15.4. The van der Waals surface area contributed by atoms with E-state index < -0.39 is 5.97 Å². The molecular weight excluding hydrogens is 282 g/mol. The summed E-state index contributed by atoms with van der Waals surface area (Å²) < 4.78 is 18.8. The topological polar surface area (TPSA) is 49.7 Å². The lowest BCUT2D eigenvalue weighted by Crippen LogP contribution is -2.62. The van der Waals surface area contributed by atoms with Crippen LogP contribution in [0.4, 0.5) is 0 Å². The van der Waals surface area contributed by atoms with Crippen LogP contribution in [0.3, 0.4) is 0 Å². The molecule has 0 radical (unpaired) electrons. The van der Waals surface area contributed by atoms with Crippen molar-refractivity contribution in [1.82, 2.24) is 4.57 Å². The smallest absolute Gasteiger partial charge is 0.347 e. The number of aryl methyl sites for hydroxylation is 1. The quantitative estimate of drug-likeness (QED) is 0.870. The van der Waals surface area contributed by atoms with Gasteiger partial charge in [0.05, 0.1) is 19.8 Å². The highest BCUT2D eigenvalue weighted by Crippen LogP contribution is 2.38. The highest BCUT2D eigenvalue weighted by molar-refractivity contribution is 5.88. The number of ketones is 1. The fourth-order valence-corrected chi connectivity index (χ4v) is 3.03. The third kappa shape index (κ3) is 2.08. The van der Waals surface area contributed by atoms with Crippen LogP contribution in [0, 0.1) is 5.41 Å². The number of hydrogen-bond acceptors (Lipinski definition) is 4. The highest BCUT2D eigenvalue weighted by Gasteiger charge is 2.54. The molecule has 116 valence electrons. The summed E-state index contributed by atoms with van der Waals surface area (Å²) in [6.07, 6.45) is 2.24. The molecule has 0 amide bonds. The van der Waals surface area contributed by atoms with Gasteiger partial charge < -0.3 is 18.8 Å². The molecule has 5 nitrogen and oxygen atoms in total. The summed E-state index contributed by atoms with van der Waals surface area (Å²) in [4.78, 5) is 12.6. The van der Waals surface area contributed by atoms with Crippen molar-refractivity contribution in [2.24, 2.45) is 12.5 Å². The van der Waals surface area contributed by atoms with Gasteiger partial charge in [-0.15, -0.1) is 0 Å². The largest absolute Gasteiger partial charge is 0.351 e. The first-order valence-electron chi connectivity index (χ1n) is 7.49. The van der Waals surface area contributed by atoms with E-state index in [0.29, 0.717) is 19.8 Å². The Morgan fingerprint density at radius 1 is 1.18 bits per heavy atom. The van der Waals surface area contributed by atoms with Gasteiger partial charge in [0.2, 0.25) is 5.78 Å². The molecule has 4 heterocycles. The van der Waals surface area contributed by atoms with Gasteiger partial charge in [-0.05, 0) is 29.1 Å². The van der Waals surface area contributed by atoms with Crippen LogP contribution in [0.1, 0.15) is 12.5 Å². The lowest BCUT2D eigenvalue weighted by atomic mass is 9.91. The predicted molar refractivity (Wildman–Crippen MR) is 80.3 cm³/mol. The van der Waals surface area contributed by atoms with Crippen molar-refractivity contribution in [2.45, 2.75) is 19.3 Å². The molecule has 22 heavy (non-hydrogen) atoms. The Labute approximate surface area is 128 Å². The van der Waals surface area contributed by atoms with Crippen LogP contribution in [-0.2, 0) is 32.5 Å². The number of fused-ring (bicyclic) bond motifs is 4. The number of nitrogens with zero attached hydrogens (tertiary/aromatic N) is 1. The van der Waals surface area contributed by atoms with Crippen LogP contribution in [0.2, 0.25) is 0 Å². The van der Waals surface area contributed by atoms with Gasteiger partial charge in [-0.1, -0.05) is 13.0 Å². The zero-order valence-corrected chi connectivity index (χ0v) is 12.8. The molecule has 0 unspecified atom stereocenters. The second-order valence-electron chi connectivity index (χ2n) is 6.65. The van der Waals surface area contributed by atoms with Gasteiger partial charge in [-0.2, -0.15) is 0 Å². The number of hydrogen-bond donors (Lipinski definition) is 0. The Bertz CT molecular complexity index is 724. The zero-order valence-electron chi connectivity index (χ0n) is 12.8. The van der Waals surface area contributed by atoms with Crippen molar-refractivity contribution in [1.29, 1.82) is 0 Å². The third-order valence-electron chi connectivity index (χ3n) is 4.49. The fourth-order valence-electron chi connectivity index (χ4n) is 3.03. The minimum Gasteiger partial charge on any atom is -0.351 e. The third-order valence-corrected chi connectivity index (χ3v) is 4.49. The number of ether oxygens (including phenoxy) is 3. The van der Waals surface area contributed by atoms with Gasteiger partial charge in [0, 0.05) is 30.6 Å². The van der Waals surface area contributed by atoms with E-state index in [-0.39, 0.29) is 17.6 Å². The molecule has 3 aliphatic rings. The lowest BCUT2D eigenvalue weighted by Gasteiger charge is -2.49. The Morgan fingerprint density at radius 2 is 1.86 bits per heavy atom. The molecule has 3 fully saturated rings. The van der Waals surface area contributed by atoms with Crippen LogP contribution in [0.15, 0.2) is 30.5 Å². The minimum absolute atomic E-state index is 0.134. The van der Waals surface area contributed by atoms with Crippen molar-refractivity contribution < 1.29 is 19.0 Å². The van der Waals surface area contributed by atoms with E-state index in [1.54, 1.807) is 0 Å². The Morgan fingerprint density at radius 3 is 2.55 bits per heavy atom. The molecule has 3 saturated heterocycles. The maximum atomic E-state index is 12.6. The van der Waals surface area contributed by atoms with E-state index >= 15 is 0 Å². The molecule has 3 aliphatic heterocycles. The average Bonchev–Trinajstić information content (AvgIpc) is 2.89. The first-order valence-corrected chi connectivity index (χ1v) is 7.49. The Hall–Kier alpha value is -1.69. The summed E-state index contributed by atoms with van der Waals surface area (Å²) in [5.74, 6) is -1.67. The summed E-state index contributed by atoms with van der Waals surface area (Å²) in [5, 5.41) is 1.12. The lowest BCUT2D eigenvalue weighted by molar-refractivity contribution is -0.439. The summed E-state index contributed by atoms with van der Waals surface area (Å²) in [6.45, 7) is 3.52. The molecule has 0 aliphatic carbocycles. The van der Waals surface area contributed by atoms with Crippen LogP contribution in [0.25, 0.3) is 10.9 Å². The van der Waals surface area contributed by atoms with Crippen molar-refractivity contribution in [3.63, 3.8) is 0 Å². The highest BCUT2D eigenvalue weighted by atomic mass is 16.9. The van der Waals surface area contributed by atoms with E-state index in [0.717, 1.165) is 16.5 Å². The number of carbonyl (C=O) groups excluding carboxylic acids is 1. The average molecular weight is 301 g/mol. The summed E-state index contributed by atoms with van der Waals surface area (Å²) in [6, 6.07) is 8.06. The molecule has 2 bridgehead atoms. The SMILES string of the molecule is Cn1ccc2cc(CC(=O)C34OCC(C)(CO3)CO4)ccc21. The molecule has 1 aromatic carbocycles. The first-order chi connectivity index (χ1) is 10.5. The van der Waals surface area contributed by atoms with Crippen molar-refractivity contribution in [3.8, 4) is 0 Å². The van der Waals surface area contributed by atoms with E-state index in [2.05, 4.69) is 4.57 Å². The number of Topliss-reactive ketones (excluding diaryl/α,β-unsaturated/α-hetero) is 1. The molecule has 0 atom stereocenters. The van der Waals surface area contributed by atoms with Crippen molar-refractivity contribution in [2.75, 3.05) is 19.8 Å². The second kappa shape index (κ2) is 4.65. The van der Waals surface area contributed by atoms with Gasteiger partial charge in [0.15, 0.2) is 0 Å². The molecule has 0 spiro atoms. The van der Waals surface area contributed by atoms with E-state index in [1.165, 1.54) is 0 Å². The summed E-state index contributed by atoms with van der Waals surface area (Å²) in [5.41, 5.74) is 1.95. The number of benzene rings is 1. The molecule has 5 heteroatoms.